The molecule has 6 heteroatoms. The third-order valence-electron chi connectivity index (χ3n) is 4.52. The average molecular weight is 369 g/mol. The molecule has 2 aromatic rings. The van der Waals surface area contributed by atoms with E-state index in [4.69, 9.17) is 4.74 Å². The molecule has 0 radical (unpaired) electrons. The molecule has 1 N–H and O–H groups in total. The van der Waals surface area contributed by atoms with Crippen molar-refractivity contribution in [3.05, 3.63) is 58.4 Å². The number of hydrogen-bond donors (Lipinski definition) is 1. The molecule has 0 aliphatic heterocycles. The van der Waals surface area contributed by atoms with Crippen LogP contribution in [0.4, 0.5) is 0 Å². The highest BCUT2D eigenvalue weighted by Crippen LogP contribution is 2.17. The number of aryl methyl sites for hydroxylation is 3. The Morgan fingerprint density at radius 2 is 1.89 bits per heavy atom. The van der Waals surface area contributed by atoms with Crippen molar-refractivity contribution in [2.45, 2.75) is 40.2 Å². The van der Waals surface area contributed by atoms with E-state index in [0.29, 0.717) is 0 Å². The van der Waals surface area contributed by atoms with Gasteiger partial charge in [0.2, 0.25) is 0 Å². The van der Waals surface area contributed by atoms with Gasteiger partial charge in [-0.15, -0.1) is 0 Å². The molecule has 0 fully saturated rings. The second kappa shape index (κ2) is 9.16. The number of aromatic nitrogens is 2. The fourth-order valence-corrected chi connectivity index (χ4v) is 2.82. The highest BCUT2D eigenvalue weighted by Gasteiger charge is 2.14. The van der Waals surface area contributed by atoms with Crippen molar-refractivity contribution in [2.75, 3.05) is 6.61 Å². The number of nitrogens with one attached hydrogen (secondary N) is 1. The fraction of sp³-hybridized carbons (Fsp3) is 0.381. The molecule has 0 bridgehead atoms. The summed E-state index contributed by atoms with van der Waals surface area (Å²) in [5, 5.41) is 7.19. The van der Waals surface area contributed by atoms with E-state index in [2.05, 4.69) is 10.4 Å². The second-order valence-corrected chi connectivity index (χ2v) is 6.59. The summed E-state index contributed by atoms with van der Waals surface area (Å²) in [6, 6.07) is 7.91. The molecule has 0 saturated carbocycles. The van der Waals surface area contributed by atoms with Gasteiger partial charge < -0.3 is 10.1 Å². The Morgan fingerprint density at radius 1 is 1.22 bits per heavy atom. The Bertz CT molecular complexity index is 835. The quantitative estimate of drug-likeness (QED) is 0.601. The van der Waals surface area contributed by atoms with Gasteiger partial charge in [0.1, 0.15) is 0 Å². The first-order valence-corrected chi connectivity index (χ1v) is 9.02. The van der Waals surface area contributed by atoms with Crippen LogP contribution in [0.15, 0.2) is 30.3 Å². The highest BCUT2D eigenvalue weighted by molar-refractivity contribution is 5.89. The molecule has 1 aromatic heterocycles. The lowest BCUT2D eigenvalue weighted by Gasteiger charge is -2.17. The van der Waals surface area contributed by atoms with Crippen molar-refractivity contribution >= 4 is 18.0 Å². The fourth-order valence-electron chi connectivity index (χ4n) is 2.82. The number of carbonyl (C=O) groups is 2. The molecule has 6 nitrogen and oxygen atoms in total. The van der Waals surface area contributed by atoms with Crippen LogP contribution in [-0.4, -0.2) is 28.3 Å². The Hall–Kier alpha value is -2.89. The van der Waals surface area contributed by atoms with Gasteiger partial charge in [-0.05, 0) is 38.8 Å². The van der Waals surface area contributed by atoms with Gasteiger partial charge in [0.05, 0.1) is 11.7 Å². The van der Waals surface area contributed by atoms with Crippen LogP contribution < -0.4 is 5.32 Å². The van der Waals surface area contributed by atoms with Crippen LogP contribution in [0.2, 0.25) is 0 Å². The summed E-state index contributed by atoms with van der Waals surface area (Å²) >= 11 is 0. The van der Waals surface area contributed by atoms with Crippen LogP contribution in [0.3, 0.4) is 0 Å². The standard InChI is InChI=1S/C21H27N3O3/c1-6-19(17-9-7-14(2)8-10-17)22-20(25)13-27-21(26)12-11-18-15(3)23-24(5)16(18)4/h7-12,19H,6,13H2,1-5H3,(H,22,25)/b12-11+/t19-/m1/s1. The minimum Gasteiger partial charge on any atom is -0.452 e. The molecule has 0 spiro atoms. The zero-order valence-corrected chi connectivity index (χ0v) is 16.6. The summed E-state index contributed by atoms with van der Waals surface area (Å²) in [6.45, 7) is 7.51. The van der Waals surface area contributed by atoms with Gasteiger partial charge in [0, 0.05) is 24.4 Å². The molecule has 0 saturated heterocycles. The minimum atomic E-state index is -0.559. The van der Waals surface area contributed by atoms with Gasteiger partial charge >= 0.3 is 5.97 Å². The lowest BCUT2D eigenvalue weighted by Crippen LogP contribution is -2.32. The molecule has 144 valence electrons. The minimum absolute atomic E-state index is 0.104. The smallest absolute Gasteiger partial charge is 0.331 e. The average Bonchev–Trinajstić information content (AvgIpc) is 2.88. The number of nitrogens with zero attached hydrogens (tertiary/aromatic N) is 2. The summed E-state index contributed by atoms with van der Waals surface area (Å²) in [6.07, 6.45) is 3.74. The second-order valence-electron chi connectivity index (χ2n) is 6.59. The maximum Gasteiger partial charge on any atom is 0.331 e. The molecule has 1 atom stereocenters. The number of ether oxygens (including phenoxy) is 1. The van der Waals surface area contributed by atoms with Crippen molar-refractivity contribution in [1.29, 1.82) is 0 Å². The largest absolute Gasteiger partial charge is 0.452 e. The number of esters is 1. The Labute approximate surface area is 160 Å². The SMILES string of the molecule is CC[C@@H](NC(=O)COC(=O)/C=C/c1c(C)nn(C)c1C)c1ccc(C)cc1. The molecular weight excluding hydrogens is 342 g/mol. The lowest BCUT2D eigenvalue weighted by atomic mass is 10.0. The van der Waals surface area contributed by atoms with Crippen molar-refractivity contribution < 1.29 is 14.3 Å². The van der Waals surface area contributed by atoms with E-state index in [1.807, 2.05) is 59.0 Å². The lowest BCUT2D eigenvalue weighted by molar-refractivity contribution is -0.144. The van der Waals surface area contributed by atoms with E-state index in [0.717, 1.165) is 28.9 Å². The van der Waals surface area contributed by atoms with Crippen LogP contribution >= 0.6 is 0 Å². The predicted molar refractivity (Wildman–Crippen MR) is 105 cm³/mol. The van der Waals surface area contributed by atoms with Crippen LogP contribution in [0.5, 0.6) is 0 Å². The number of carbonyl (C=O) groups excluding carboxylic acids is 2. The normalized spacial score (nSPS) is 12.2. The van der Waals surface area contributed by atoms with Crippen molar-refractivity contribution in [2.24, 2.45) is 7.05 Å². The molecule has 1 aromatic carbocycles. The zero-order chi connectivity index (χ0) is 20.0. The molecule has 2 rings (SSSR count). The topological polar surface area (TPSA) is 73.2 Å². The van der Waals surface area contributed by atoms with Gasteiger partial charge in [0.15, 0.2) is 6.61 Å². The molecule has 1 heterocycles. The molecule has 0 aliphatic carbocycles. The molecule has 0 aliphatic rings. The van der Waals surface area contributed by atoms with Crippen LogP contribution in [0, 0.1) is 20.8 Å². The summed E-state index contributed by atoms with van der Waals surface area (Å²) in [7, 11) is 1.85. The van der Waals surface area contributed by atoms with E-state index < -0.39 is 5.97 Å². The molecule has 27 heavy (non-hydrogen) atoms. The van der Waals surface area contributed by atoms with E-state index in [9.17, 15) is 9.59 Å². The Kier molecular flexibility index (Phi) is 6.93. The van der Waals surface area contributed by atoms with Crippen molar-refractivity contribution in [1.82, 2.24) is 15.1 Å². The highest BCUT2D eigenvalue weighted by atomic mass is 16.5. The van der Waals surface area contributed by atoms with Crippen LogP contribution in [-0.2, 0) is 21.4 Å². The molecule has 0 unspecified atom stereocenters. The van der Waals surface area contributed by atoms with Gasteiger partial charge in [-0.3, -0.25) is 9.48 Å². The zero-order valence-electron chi connectivity index (χ0n) is 16.6. The summed E-state index contributed by atoms with van der Waals surface area (Å²) in [5.74, 6) is -0.880. The maximum absolute atomic E-state index is 12.1. The molecule has 1 amide bonds. The third kappa shape index (κ3) is 5.54. The van der Waals surface area contributed by atoms with Crippen LogP contribution in [0.1, 0.15) is 47.5 Å². The predicted octanol–water partition coefficient (Wildman–Crippen LogP) is 3.17. The van der Waals surface area contributed by atoms with E-state index >= 15 is 0 Å². The summed E-state index contributed by atoms with van der Waals surface area (Å²) < 4.78 is 6.80. The maximum atomic E-state index is 12.1. The van der Waals surface area contributed by atoms with Gasteiger partial charge in [0.25, 0.3) is 5.91 Å². The monoisotopic (exact) mass is 369 g/mol. The number of hydrogen-bond acceptors (Lipinski definition) is 4. The summed E-state index contributed by atoms with van der Waals surface area (Å²) in [5.41, 5.74) is 4.87. The third-order valence-corrected chi connectivity index (χ3v) is 4.52. The van der Waals surface area contributed by atoms with Gasteiger partial charge in [-0.2, -0.15) is 5.10 Å². The van der Waals surface area contributed by atoms with Gasteiger partial charge in [-0.25, -0.2) is 4.79 Å². The van der Waals surface area contributed by atoms with E-state index in [1.54, 1.807) is 10.8 Å². The summed E-state index contributed by atoms with van der Waals surface area (Å²) in [4.78, 5) is 24.0. The van der Waals surface area contributed by atoms with E-state index in [1.165, 1.54) is 11.6 Å². The Morgan fingerprint density at radius 3 is 2.44 bits per heavy atom. The number of benzene rings is 1. The first-order chi connectivity index (χ1) is 12.8. The number of rotatable bonds is 7. The molecular formula is C21H27N3O3. The van der Waals surface area contributed by atoms with Crippen LogP contribution in [0.25, 0.3) is 6.08 Å². The van der Waals surface area contributed by atoms with Gasteiger partial charge in [-0.1, -0.05) is 36.8 Å². The first-order valence-electron chi connectivity index (χ1n) is 9.02. The number of amides is 1. The first kappa shape index (κ1) is 20.4. The Balaban J connectivity index is 1.87. The van der Waals surface area contributed by atoms with Crippen molar-refractivity contribution in [3.63, 3.8) is 0 Å². The van der Waals surface area contributed by atoms with Crippen molar-refractivity contribution in [3.8, 4) is 0 Å². The van der Waals surface area contributed by atoms with E-state index in [-0.39, 0.29) is 18.6 Å².